The predicted octanol–water partition coefficient (Wildman–Crippen LogP) is 5.85. The van der Waals surface area contributed by atoms with E-state index < -0.39 is 24.4 Å². The van der Waals surface area contributed by atoms with Crippen LogP contribution in [-0.2, 0) is 17.9 Å². The third-order valence-corrected chi connectivity index (χ3v) is 7.37. The first-order chi connectivity index (χ1) is 24.9. The fourth-order valence-electron chi connectivity index (χ4n) is 4.71. The fourth-order valence-corrected chi connectivity index (χ4v) is 4.71. The molecule has 0 aliphatic carbocycles. The minimum atomic E-state index is -5.04. The summed E-state index contributed by atoms with van der Waals surface area (Å²) in [6.45, 7) is 4.60. The van der Waals surface area contributed by atoms with Crippen molar-refractivity contribution in [1.82, 2.24) is 16.0 Å². The van der Waals surface area contributed by atoms with Gasteiger partial charge >= 0.3 is 24.1 Å². The summed E-state index contributed by atoms with van der Waals surface area (Å²) < 4.78 is 36.5. The van der Waals surface area contributed by atoms with E-state index in [4.69, 9.17) is 5.73 Å². The van der Waals surface area contributed by atoms with Crippen LogP contribution in [-0.4, -0.2) is 61.9 Å². The summed E-state index contributed by atoms with van der Waals surface area (Å²) in [6.07, 6.45) is -5.04. The molecule has 0 fully saturated rings. The molecule has 0 atom stereocenters. The molecule has 4 aromatic carbocycles. The molecule has 0 saturated heterocycles. The molecule has 5 N–H and O–H groups in total. The number of hydrogen-bond acceptors (Lipinski definition) is 6. The zero-order chi connectivity index (χ0) is 38.1. The Morgan fingerprint density at radius 1 is 0.577 bits per heavy atom. The zero-order valence-corrected chi connectivity index (χ0v) is 28.8. The summed E-state index contributed by atoms with van der Waals surface area (Å²) in [4.78, 5) is 62.2. The van der Waals surface area contributed by atoms with Gasteiger partial charge in [0.25, 0.3) is 0 Å². The monoisotopic (exact) mass is 718 g/mol. The molecule has 5 amide bonds. The molecular formula is C38H41F3N6O5. The quantitative estimate of drug-likeness (QED) is 0.127. The van der Waals surface area contributed by atoms with Crippen LogP contribution >= 0.6 is 0 Å². The third-order valence-electron chi connectivity index (χ3n) is 7.37. The molecule has 4 rings (SSSR count). The highest BCUT2D eigenvalue weighted by Gasteiger charge is 2.38. The van der Waals surface area contributed by atoms with E-state index in [-0.39, 0.29) is 36.5 Å². The number of amides is 5. The Morgan fingerprint density at radius 2 is 0.962 bits per heavy atom. The summed E-state index contributed by atoms with van der Waals surface area (Å²) in [5.41, 5.74) is 9.26. The lowest BCUT2D eigenvalue weighted by atomic mass is 10.1. The van der Waals surface area contributed by atoms with E-state index in [1.54, 1.807) is 65.7 Å². The molecule has 0 aliphatic rings. The summed E-state index contributed by atoms with van der Waals surface area (Å²) in [5, 5.41) is 7.10. The second-order valence-electron chi connectivity index (χ2n) is 11.1. The number of para-hydroxylation sites is 2. The number of alkyl halides is 3. The van der Waals surface area contributed by atoms with E-state index in [1.807, 2.05) is 55.5 Å². The number of Topliss-reactive ketones (excluding diaryl/α,β-unsaturated/α-hetero) is 2. The minimum absolute atomic E-state index is 0.00556. The van der Waals surface area contributed by atoms with Crippen molar-refractivity contribution in [3.63, 3.8) is 0 Å². The molecule has 4 aromatic rings. The number of hydrogen-bond donors (Lipinski definition) is 4. The van der Waals surface area contributed by atoms with Crippen molar-refractivity contribution in [1.29, 1.82) is 0 Å². The van der Waals surface area contributed by atoms with E-state index in [0.29, 0.717) is 30.9 Å². The van der Waals surface area contributed by atoms with Gasteiger partial charge in [-0.3, -0.25) is 24.2 Å². The van der Waals surface area contributed by atoms with Crippen LogP contribution in [0.2, 0.25) is 0 Å². The predicted molar refractivity (Wildman–Crippen MR) is 193 cm³/mol. The Hall–Kier alpha value is -6.02. The standard InChI is InChI=1S/C20H20F3N3O3.C18H21N3O2/c1-2-24-19(29)26(16-6-4-3-5-7-16)13-14-8-10-15(11-9-14)17(27)12-25-18(28)20(21,22)23;1-2-20-18(23)21(16-6-4-3-5-7-16)13-14-8-10-15(11-9-14)17(22)12-19/h3-11H,2,12-13H2,1H3,(H,24,29)(H,25,28);3-11H,2,12-13,19H2,1H3,(H,20,23). The maximum atomic E-state index is 12.4. The van der Waals surface area contributed by atoms with Gasteiger partial charge in [0.05, 0.1) is 26.2 Å². The van der Waals surface area contributed by atoms with Crippen molar-refractivity contribution in [3.8, 4) is 0 Å². The maximum absolute atomic E-state index is 12.4. The molecule has 11 nitrogen and oxygen atoms in total. The van der Waals surface area contributed by atoms with Crippen LogP contribution in [0.4, 0.5) is 34.1 Å². The third kappa shape index (κ3) is 12.4. The van der Waals surface area contributed by atoms with Crippen molar-refractivity contribution in [3.05, 3.63) is 131 Å². The number of nitrogens with one attached hydrogen (secondary N) is 3. The summed E-state index contributed by atoms with van der Waals surface area (Å²) in [5.74, 6) is -2.92. The van der Waals surface area contributed by atoms with Crippen molar-refractivity contribution in [2.45, 2.75) is 33.1 Å². The normalized spacial score (nSPS) is 10.6. The Kier molecular flexibility index (Phi) is 15.5. The van der Waals surface area contributed by atoms with Crippen molar-refractivity contribution >= 4 is 40.9 Å². The van der Waals surface area contributed by atoms with Gasteiger partial charge in [-0.25, -0.2) is 9.59 Å². The number of anilines is 2. The Labute approximate surface area is 300 Å². The molecular weight excluding hydrogens is 677 g/mol. The van der Waals surface area contributed by atoms with E-state index in [9.17, 15) is 37.1 Å². The van der Waals surface area contributed by atoms with Gasteiger partial charge in [-0.15, -0.1) is 0 Å². The van der Waals surface area contributed by atoms with E-state index >= 15 is 0 Å². The number of nitrogens with two attached hydrogens (primary N) is 1. The first-order valence-corrected chi connectivity index (χ1v) is 16.4. The number of carbonyl (C=O) groups excluding carboxylic acids is 5. The van der Waals surface area contributed by atoms with Crippen LogP contribution in [0.25, 0.3) is 0 Å². The first kappa shape index (κ1) is 40.4. The highest BCUT2D eigenvalue weighted by molar-refractivity contribution is 6.00. The van der Waals surface area contributed by atoms with Crippen LogP contribution < -0.4 is 31.5 Å². The van der Waals surface area contributed by atoms with Crippen LogP contribution in [0.3, 0.4) is 0 Å². The topological polar surface area (TPSA) is 154 Å². The molecule has 274 valence electrons. The van der Waals surface area contributed by atoms with Crippen molar-refractivity contribution in [2.24, 2.45) is 5.73 Å². The smallest absolute Gasteiger partial charge is 0.341 e. The van der Waals surface area contributed by atoms with Crippen LogP contribution in [0.1, 0.15) is 45.7 Å². The highest BCUT2D eigenvalue weighted by atomic mass is 19.4. The Bertz CT molecular complexity index is 1770. The fraction of sp³-hybridized carbons (Fsp3) is 0.237. The molecule has 0 unspecified atom stereocenters. The summed E-state index contributed by atoms with van der Waals surface area (Å²) in [6, 6.07) is 31.3. The molecule has 0 spiro atoms. The van der Waals surface area contributed by atoms with Gasteiger partial charge < -0.3 is 21.7 Å². The minimum Gasteiger partial charge on any atom is -0.341 e. The lowest BCUT2D eigenvalue weighted by Gasteiger charge is -2.23. The van der Waals surface area contributed by atoms with Gasteiger partial charge in [-0.05, 0) is 49.2 Å². The van der Waals surface area contributed by atoms with Crippen LogP contribution in [0.5, 0.6) is 0 Å². The number of halogens is 3. The number of ketones is 2. The van der Waals surface area contributed by atoms with Crippen molar-refractivity contribution < 1.29 is 37.1 Å². The first-order valence-electron chi connectivity index (χ1n) is 16.4. The number of benzene rings is 4. The lowest BCUT2D eigenvalue weighted by molar-refractivity contribution is -0.173. The number of urea groups is 2. The van der Waals surface area contributed by atoms with Crippen LogP contribution in [0.15, 0.2) is 109 Å². The van der Waals surface area contributed by atoms with Gasteiger partial charge in [0.1, 0.15) is 0 Å². The number of carbonyl (C=O) groups is 5. The van der Waals surface area contributed by atoms with Crippen molar-refractivity contribution in [2.75, 3.05) is 36.0 Å². The molecule has 14 heteroatoms. The Balaban J connectivity index is 0.000000288. The largest absolute Gasteiger partial charge is 0.471 e. The summed E-state index contributed by atoms with van der Waals surface area (Å²) in [7, 11) is 0. The van der Waals surface area contributed by atoms with Gasteiger partial charge in [0, 0.05) is 35.6 Å². The van der Waals surface area contributed by atoms with Gasteiger partial charge in [-0.2, -0.15) is 13.2 Å². The maximum Gasteiger partial charge on any atom is 0.471 e. The average Bonchev–Trinajstić information content (AvgIpc) is 3.15. The molecule has 0 saturated carbocycles. The highest BCUT2D eigenvalue weighted by Crippen LogP contribution is 2.19. The lowest BCUT2D eigenvalue weighted by Crippen LogP contribution is -2.39. The number of rotatable bonds is 13. The van der Waals surface area contributed by atoms with Gasteiger partial charge in [0.15, 0.2) is 11.6 Å². The average molecular weight is 719 g/mol. The zero-order valence-electron chi connectivity index (χ0n) is 28.8. The molecule has 52 heavy (non-hydrogen) atoms. The summed E-state index contributed by atoms with van der Waals surface area (Å²) >= 11 is 0. The second-order valence-corrected chi connectivity index (χ2v) is 11.1. The molecule has 0 aliphatic heterocycles. The molecule has 0 heterocycles. The van der Waals surface area contributed by atoms with E-state index in [1.165, 1.54) is 17.0 Å². The SMILES string of the molecule is CCNC(=O)N(Cc1ccc(C(=O)CN)cc1)c1ccccc1.CCNC(=O)N(Cc1ccc(C(=O)CNC(=O)C(F)(F)F)cc1)c1ccccc1. The second kappa shape index (κ2) is 20.0. The van der Waals surface area contributed by atoms with Crippen LogP contribution in [0, 0.1) is 0 Å². The van der Waals surface area contributed by atoms with Gasteiger partial charge in [-0.1, -0.05) is 84.9 Å². The van der Waals surface area contributed by atoms with E-state index in [2.05, 4.69) is 10.6 Å². The molecule has 0 radical (unpaired) electrons. The van der Waals surface area contributed by atoms with Gasteiger partial charge in [0.2, 0.25) is 0 Å². The van der Waals surface area contributed by atoms with E-state index in [0.717, 1.165) is 16.8 Å². The Morgan fingerprint density at radius 3 is 1.31 bits per heavy atom. The molecule has 0 aromatic heterocycles. The number of nitrogens with zero attached hydrogens (tertiary/aromatic N) is 2. The molecule has 0 bridgehead atoms.